The molecule has 3 aromatic rings. The predicted molar refractivity (Wildman–Crippen MR) is 84.5 cm³/mol. The third-order valence-electron chi connectivity index (χ3n) is 3.50. The molecule has 1 unspecified atom stereocenters. The van der Waals surface area contributed by atoms with Gasteiger partial charge in [-0.05, 0) is 30.2 Å². The summed E-state index contributed by atoms with van der Waals surface area (Å²) in [7, 11) is 0. The lowest BCUT2D eigenvalue weighted by Crippen LogP contribution is -2.03. The van der Waals surface area contributed by atoms with Gasteiger partial charge in [-0.15, -0.1) is 0 Å². The van der Waals surface area contributed by atoms with E-state index in [9.17, 15) is 5.11 Å². The highest BCUT2D eigenvalue weighted by molar-refractivity contribution is 5.84. The number of nitrogens with one attached hydrogen (secondary N) is 1. The summed E-state index contributed by atoms with van der Waals surface area (Å²) >= 11 is 0. The summed E-state index contributed by atoms with van der Waals surface area (Å²) in [5.74, 6) is 0.844. The molecule has 0 fully saturated rings. The summed E-state index contributed by atoms with van der Waals surface area (Å²) in [6, 6.07) is 16.1. The average Bonchev–Trinajstić information content (AvgIpc) is 2.88. The molecule has 3 heteroatoms. The first-order valence-corrected chi connectivity index (χ1v) is 7.17. The van der Waals surface area contributed by atoms with E-state index in [1.165, 1.54) is 0 Å². The molecule has 0 saturated carbocycles. The van der Waals surface area contributed by atoms with Crippen molar-refractivity contribution in [3.8, 4) is 5.75 Å². The number of hydrogen-bond acceptors (Lipinski definition) is 2. The SMILES string of the molecule is CC(O)Cc1c[nH]c2cc(OCc3ccccc3)ccc12. The van der Waals surface area contributed by atoms with Gasteiger partial charge in [-0.1, -0.05) is 30.3 Å². The highest BCUT2D eigenvalue weighted by Crippen LogP contribution is 2.24. The minimum atomic E-state index is -0.335. The molecule has 0 amide bonds. The van der Waals surface area contributed by atoms with Gasteiger partial charge >= 0.3 is 0 Å². The lowest BCUT2D eigenvalue weighted by atomic mass is 10.1. The Labute approximate surface area is 124 Å². The van der Waals surface area contributed by atoms with Gasteiger partial charge in [-0.3, -0.25) is 0 Å². The van der Waals surface area contributed by atoms with Gasteiger partial charge in [0.15, 0.2) is 0 Å². The molecule has 1 heterocycles. The first-order valence-electron chi connectivity index (χ1n) is 7.17. The largest absolute Gasteiger partial charge is 0.489 e. The van der Waals surface area contributed by atoms with Gasteiger partial charge in [-0.2, -0.15) is 0 Å². The minimum Gasteiger partial charge on any atom is -0.489 e. The van der Waals surface area contributed by atoms with E-state index >= 15 is 0 Å². The van der Waals surface area contributed by atoms with Crippen molar-refractivity contribution in [2.75, 3.05) is 0 Å². The smallest absolute Gasteiger partial charge is 0.121 e. The topological polar surface area (TPSA) is 45.2 Å². The molecule has 0 saturated heterocycles. The van der Waals surface area contributed by atoms with Crippen molar-refractivity contribution in [2.45, 2.75) is 26.1 Å². The zero-order chi connectivity index (χ0) is 14.7. The van der Waals surface area contributed by atoms with Crippen molar-refractivity contribution in [1.29, 1.82) is 0 Å². The highest BCUT2D eigenvalue weighted by atomic mass is 16.5. The number of benzene rings is 2. The van der Waals surface area contributed by atoms with E-state index in [0.29, 0.717) is 13.0 Å². The van der Waals surface area contributed by atoms with Gasteiger partial charge < -0.3 is 14.8 Å². The Morgan fingerprint density at radius 2 is 1.95 bits per heavy atom. The first-order chi connectivity index (χ1) is 10.2. The fourth-order valence-corrected chi connectivity index (χ4v) is 2.48. The average molecular weight is 281 g/mol. The Bertz CT molecular complexity index is 716. The number of fused-ring (bicyclic) bond motifs is 1. The highest BCUT2D eigenvalue weighted by Gasteiger charge is 2.07. The molecular weight excluding hydrogens is 262 g/mol. The maximum Gasteiger partial charge on any atom is 0.121 e. The molecule has 2 N–H and O–H groups in total. The van der Waals surface area contributed by atoms with Gasteiger partial charge in [0, 0.05) is 29.6 Å². The second kappa shape index (κ2) is 6.02. The molecule has 0 bridgehead atoms. The lowest BCUT2D eigenvalue weighted by molar-refractivity contribution is 0.196. The van der Waals surface area contributed by atoms with Gasteiger partial charge in [0.2, 0.25) is 0 Å². The second-order valence-corrected chi connectivity index (χ2v) is 5.35. The maximum atomic E-state index is 9.51. The van der Waals surface area contributed by atoms with Crippen LogP contribution in [0.2, 0.25) is 0 Å². The molecule has 3 rings (SSSR count). The summed E-state index contributed by atoms with van der Waals surface area (Å²) in [5, 5.41) is 10.7. The van der Waals surface area contributed by atoms with Crippen LogP contribution in [-0.4, -0.2) is 16.2 Å². The molecule has 108 valence electrons. The molecule has 0 aliphatic carbocycles. The minimum absolute atomic E-state index is 0.335. The van der Waals surface area contributed by atoms with Gasteiger partial charge in [0.05, 0.1) is 6.10 Å². The van der Waals surface area contributed by atoms with E-state index in [4.69, 9.17) is 4.74 Å². The predicted octanol–water partition coefficient (Wildman–Crippen LogP) is 3.67. The Kier molecular flexibility index (Phi) is 3.93. The fraction of sp³-hybridized carbons (Fsp3) is 0.222. The fourth-order valence-electron chi connectivity index (χ4n) is 2.48. The standard InChI is InChI=1S/C18H19NO2/c1-13(20)9-15-11-19-18-10-16(7-8-17(15)18)21-12-14-5-3-2-4-6-14/h2-8,10-11,13,19-20H,9,12H2,1H3. The van der Waals surface area contributed by atoms with E-state index in [2.05, 4.69) is 4.98 Å². The second-order valence-electron chi connectivity index (χ2n) is 5.35. The van der Waals surface area contributed by atoms with Crippen LogP contribution in [0.15, 0.2) is 54.7 Å². The molecule has 3 nitrogen and oxygen atoms in total. The summed E-state index contributed by atoms with van der Waals surface area (Å²) < 4.78 is 5.82. The number of aromatic amines is 1. The van der Waals surface area contributed by atoms with Crippen molar-refractivity contribution in [3.63, 3.8) is 0 Å². The van der Waals surface area contributed by atoms with Crippen LogP contribution in [0.4, 0.5) is 0 Å². The van der Waals surface area contributed by atoms with E-state index in [1.807, 2.05) is 54.7 Å². The Hall–Kier alpha value is -2.26. The van der Waals surface area contributed by atoms with Crippen molar-refractivity contribution < 1.29 is 9.84 Å². The summed E-state index contributed by atoms with van der Waals surface area (Å²) in [6.45, 7) is 2.36. The molecule has 1 atom stereocenters. The van der Waals surface area contributed by atoms with Crippen LogP contribution >= 0.6 is 0 Å². The number of aliphatic hydroxyl groups excluding tert-OH is 1. The normalized spacial score (nSPS) is 12.5. The van der Waals surface area contributed by atoms with Crippen molar-refractivity contribution in [3.05, 3.63) is 65.9 Å². The Morgan fingerprint density at radius 3 is 2.71 bits per heavy atom. The summed E-state index contributed by atoms with van der Waals surface area (Å²) in [6.07, 6.45) is 2.28. The van der Waals surface area contributed by atoms with Crippen molar-refractivity contribution in [2.24, 2.45) is 0 Å². The number of aliphatic hydroxyl groups is 1. The molecule has 1 aromatic heterocycles. The first kappa shape index (κ1) is 13.7. The zero-order valence-corrected chi connectivity index (χ0v) is 12.0. The van der Waals surface area contributed by atoms with E-state index < -0.39 is 0 Å². The van der Waals surface area contributed by atoms with Crippen molar-refractivity contribution >= 4 is 10.9 Å². The van der Waals surface area contributed by atoms with E-state index in [0.717, 1.165) is 27.8 Å². The number of hydrogen-bond donors (Lipinski definition) is 2. The van der Waals surface area contributed by atoms with Gasteiger partial charge in [-0.25, -0.2) is 0 Å². The van der Waals surface area contributed by atoms with Crippen LogP contribution in [0.25, 0.3) is 10.9 Å². The summed E-state index contributed by atoms with van der Waals surface area (Å²) in [5.41, 5.74) is 3.32. The monoisotopic (exact) mass is 281 g/mol. The van der Waals surface area contributed by atoms with Gasteiger partial charge in [0.25, 0.3) is 0 Å². The number of aromatic nitrogens is 1. The van der Waals surface area contributed by atoms with Crippen LogP contribution in [-0.2, 0) is 13.0 Å². The third-order valence-corrected chi connectivity index (χ3v) is 3.50. The van der Waals surface area contributed by atoms with Crippen LogP contribution in [0, 0.1) is 0 Å². The molecule has 0 aliphatic heterocycles. The van der Waals surface area contributed by atoms with Crippen LogP contribution < -0.4 is 4.74 Å². The summed E-state index contributed by atoms with van der Waals surface area (Å²) in [4.78, 5) is 3.24. The maximum absolute atomic E-state index is 9.51. The quantitative estimate of drug-likeness (QED) is 0.749. The van der Waals surface area contributed by atoms with Crippen molar-refractivity contribution in [1.82, 2.24) is 4.98 Å². The number of H-pyrrole nitrogens is 1. The molecule has 0 spiro atoms. The number of rotatable bonds is 5. The third kappa shape index (κ3) is 3.26. The van der Waals surface area contributed by atoms with Crippen LogP contribution in [0.5, 0.6) is 5.75 Å². The molecule has 2 aromatic carbocycles. The molecule has 0 radical (unpaired) electrons. The van der Waals surface area contributed by atoms with E-state index in [-0.39, 0.29) is 6.10 Å². The van der Waals surface area contributed by atoms with Crippen LogP contribution in [0.3, 0.4) is 0 Å². The molecule has 21 heavy (non-hydrogen) atoms. The van der Waals surface area contributed by atoms with Crippen LogP contribution in [0.1, 0.15) is 18.1 Å². The molecular formula is C18H19NO2. The Balaban J connectivity index is 1.75. The number of ether oxygens (including phenoxy) is 1. The van der Waals surface area contributed by atoms with Gasteiger partial charge in [0.1, 0.15) is 12.4 Å². The lowest BCUT2D eigenvalue weighted by Gasteiger charge is -2.07. The van der Waals surface area contributed by atoms with E-state index in [1.54, 1.807) is 6.92 Å². The zero-order valence-electron chi connectivity index (χ0n) is 12.0. The Morgan fingerprint density at radius 1 is 1.14 bits per heavy atom. The molecule has 0 aliphatic rings.